The topological polar surface area (TPSA) is 19.9 Å². The fourth-order valence-electron chi connectivity index (χ4n) is 1.51. The van der Waals surface area contributed by atoms with Gasteiger partial charge in [-0.15, -0.1) is 0 Å². The van der Waals surface area contributed by atoms with Crippen molar-refractivity contribution in [1.29, 1.82) is 0 Å². The first-order chi connectivity index (χ1) is 12.0. The molecule has 1 nitrogen and oxygen atoms in total. The normalized spacial score (nSPS) is 17.0. The highest BCUT2D eigenvalue weighted by Crippen LogP contribution is 2.73. The minimum Gasteiger partial charge on any atom is -0.216 e. The molecule has 0 rings (SSSR count). The maximum atomic E-state index is 13.5. The van der Waals surface area contributed by atoms with Crippen LogP contribution in [0.4, 0.5) is 0 Å². The van der Waals surface area contributed by atoms with Crippen molar-refractivity contribution >= 4 is 220 Å². The van der Waals surface area contributed by atoms with Crippen LogP contribution in [0.2, 0.25) is 0 Å². The van der Waals surface area contributed by atoms with E-state index in [0.29, 0.717) is 0 Å². The van der Waals surface area contributed by atoms with Crippen LogP contribution in [0.5, 0.6) is 0 Å². The van der Waals surface area contributed by atoms with Crippen LogP contribution in [0.1, 0.15) is 0 Å². The Kier molecular flexibility index (Phi) is 11.9. The SMILES string of the molecule is [O]C(C(Cl)(Cl)Cl)(C(Cl)(Cl)Cl)C(Cl)(Cl)C(Cl)(Cl)C(Cl)(Cl)C(Cl)(Cl)C(Cl)(Cl)C(Cl)(Cl)Cl. The highest BCUT2D eigenvalue weighted by molar-refractivity contribution is 6.83. The predicted octanol–water partition coefficient (Wildman–Crippen LogP) is 11.1. The molecular weight excluding hydrogens is 798 g/mol. The van der Waals surface area contributed by atoms with Crippen molar-refractivity contribution in [3.63, 3.8) is 0 Å². The van der Waals surface area contributed by atoms with Gasteiger partial charge in [0.25, 0.3) is 0 Å². The van der Waals surface area contributed by atoms with E-state index in [1.165, 1.54) is 0 Å². The molecule has 0 aromatic carbocycles. The second-order valence-corrected chi connectivity index (χ2v) is 18.5. The summed E-state index contributed by atoms with van der Waals surface area (Å²) in [6, 6.07) is 0. The molecule has 0 saturated carbocycles. The predicted molar refractivity (Wildman–Crippen MR) is 136 cm³/mol. The third-order valence-electron chi connectivity index (χ3n) is 3.17. The van der Waals surface area contributed by atoms with Gasteiger partial charge >= 0.3 is 0 Å². The van der Waals surface area contributed by atoms with Crippen LogP contribution >= 0.6 is 220 Å². The van der Waals surface area contributed by atoms with Crippen molar-refractivity contribution in [1.82, 2.24) is 0 Å². The van der Waals surface area contributed by atoms with Crippen LogP contribution in [0, 0.1) is 0 Å². The van der Waals surface area contributed by atoms with Gasteiger partial charge in [-0.05, 0) is 0 Å². The molecule has 20 heteroatoms. The summed E-state index contributed by atoms with van der Waals surface area (Å²) in [5.74, 6) is 0. The largest absolute Gasteiger partial charge is 0.232 e. The average molecular weight is 798 g/mol. The molecule has 0 spiro atoms. The first kappa shape index (κ1) is 34.5. The zero-order chi connectivity index (χ0) is 24.5. The van der Waals surface area contributed by atoms with Gasteiger partial charge in [0.15, 0.2) is 17.3 Å². The van der Waals surface area contributed by atoms with Crippen molar-refractivity contribution < 1.29 is 5.11 Å². The Hall–Kier alpha value is 5.47. The van der Waals surface area contributed by atoms with Gasteiger partial charge in [-0.3, -0.25) is 0 Å². The number of rotatable bonds is 5. The molecule has 0 amide bonds. The maximum absolute atomic E-state index is 13.5. The van der Waals surface area contributed by atoms with Gasteiger partial charge in [0, 0.05) is 0 Å². The summed E-state index contributed by atoms with van der Waals surface area (Å²) >= 11 is 112. The number of hydrogen-bond donors (Lipinski definition) is 0. The molecule has 0 fully saturated rings. The van der Waals surface area contributed by atoms with Crippen LogP contribution in [0.3, 0.4) is 0 Å². The number of alkyl halides is 19. The van der Waals surface area contributed by atoms with Crippen molar-refractivity contribution in [2.75, 3.05) is 0 Å². The van der Waals surface area contributed by atoms with E-state index in [0.717, 1.165) is 0 Å². The van der Waals surface area contributed by atoms with Crippen molar-refractivity contribution in [2.45, 2.75) is 38.6 Å². The standard InChI is InChI=1S/C9Cl19O/c10-2(11,1(29,7(20,21)22)8(23,24)25)3(12,13)4(14,15)5(16,17)6(18,19)9(26,27)28. The van der Waals surface area contributed by atoms with Gasteiger partial charge < -0.3 is 0 Å². The summed E-state index contributed by atoms with van der Waals surface area (Å²) in [6.45, 7) is 0. The summed E-state index contributed by atoms with van der Waals surface area (Å²) in [5.41, 5.74) is -3.73. The van der Waals surface area contributed by atoms with E-state index in [-0.39, 0.29) is 0 Å². The van der Waals surface area contributed by atoms with Crippen LogP contribution in [-0.4, -0.2) is 38.6 Å². The van der Waals surface area contributed by atoms with E-state index in [9.17, 15) is 5.11 Å². The lowest BCUT2D eigenvalue weighted by Gasteiger charge is -2.55. The maximum Gasteiger partial charge on any atom is 0.232 e. The third kappa shape index (κ3) is 5.52. The Morgan fingerprint density at radius 3 is 0.690 bits per heavy atom. The third-order valence-corrected chi connectivity index (χ3v) is 13.4. The Labute approximate surface area is 260 Å². The molecular formula is C9Cl19O. The fraction of sp³-hybridized carbons (Fsp3) is 1.00. The molecule has 0 atom stereocenters. The second-order valence-electron chi connectivity index (χ2n) is 5.05. The Morgan fingerprint density at radius 2 is 0.483 bits per heavy atom. The number of hydrogen-bond acceptors (Lipinski definition) is 0. The monoisotopic (exact) mass is 788 g/mol. The summed E-state index contributed by atoms with van der Waals surface area (Å²) < 4.78 is -24.9. The van der Waals surface area contributed by atoms with E-state index in [1.54, 1.807) is 0 Å². The lowest BCUT2D eigenvalue weighted by molar-refractivity contribution is -0.0427. The quantitative estimate of drug-likeness (QED) is 0.247. The fourth-order valence-corrected chi connectivity index (χ4v) is 8.34. The minimum absolute atomic E-state index is 2.70. The van der Waals surface area contributed by atoms with E-state index >= 15 is 0 Å². The van der Waals surface area contributed by atoms with Crippen LogP contribution in [-0.2, 0) is 5.11 Å². The van der Waals surface area contributed by atoms with Gasteiger partial charge in [0.05, 0.1) is 0 Å². The summed E-state index contributed by atoms with van der Waals surface area (Å²) in [7, 11) is 0. The summed E-state index contributed by atoms with van der Waals surface area (Å²) in [4.78, 5) is 0. The van der Waals surface area contributed by atoms with Gasteiger partial charge in [0.1, 0.15) is 0 Å². The Morgan fingerprint density at radius 1 is 0.276 bits per heavy atom. The highest BCUT2D eigenvalue weighted by Gasteiger charge is 2.85. The Balaban J connectivity index is 7.04. The zero-order valence-corrected chi connectivity index (χ0v) is 26.5. The Bertz CT molecular complexity index is 589. The molecule has 0 aliphatic rings. The highest BCUT2D eigenvalue weighted by atomic mass is 35.6. The lowest BCUT2D eigenvalue weighted by Crippen LogP contribution is -2.75. The molecule has 0 aromatic heterocycles. The van der Waals surface area contributed by atoms with Crippen molar-refractivity contribution in [3.8, 4) is 0 Å². The molecule has 1 radical (unpaired) electrons. The molecule has 0 unspecified atom stereocenters. The minimum atomic E-state index is -3.73. The molecule has 175 valence electrons. The second kappa shape index (κ2) is 9.98. The van der Waals surface area contributed by atoms with Crippen molar-refractivity contribution in [3.05, 3.63) is 0 Å². The van der Waals surface area contributed by atoms with E-state index < -0.39 is 38.6 Å². The van der Waals surface area contributed by atoms with E-state index in [4.69, 9.17) is 220 Å². The lowest BCUT2D eigenvalue weighted by atomic mass is 9.94. The van der Waals surface area contributed by atoms with Crippen molar-refractivity contribution in [2.24, 2.45) is 0 Å². The van der Waals surface area contributed by atoms with Crippen LogP contribution in [0.25, 0.3) is 0 Å². The molecule has 0 saturated heterocycles. The first-order valence-electron chi connectivity index (χ1n) is 5.79. The van der Waals surface area contributed by atoms with E-state index in [2.05, 4.69) is 0 Å². The van der Waals surface area contributed by atoms with Crippen LogP contribution < -0.4 is 0 Å². The smallest absolute Gasteiger partial charge is 0.216 e. The number of halogens is 19. The molecule has 0 aliphatic heterocycles. The van der Waals surface area contributed by atoms with Gasteiger partial charge in [-0.2, -0.15) is 0 Å². The first-order valence-corrected chi connectivity index (χ1v) is 13.0. The van der Waals surface area contributed by atoms with Gasteiger partial charge in [-0.25, -0.2) is 5.11 Å². The molecule has 29 heavy (non-hydrogen) atoms. The van der Waals surface area contributed by atoms with Gasteiger partial charge in [0.2, 0.25) is 21.3 Å². The summed E-state index contributed by atoms with van der Waals surface area (Å²) in [5, 5.41) is 13.5. The molecule has 0 heterocycles. The summed E-state index contributed by atoms with van der Waals surface area (Å²) in [6.07, 6.45) is 0. The molecule has 0 bridgehead atoms. The average Bonchev–Trinajstić information content (AvgIpc) is 2.41. The van der Waals surface area contributed by atoms with Crippen LogP contribution in [0.15, 0.2) is 0 Å². The zero-order valence-electron chi connectivity index (χ0n) is 12.1. The molecule has 0 aliphatic carbocycles. The molecule has 0 N–H and O–H groups in total. The van der Waals surface area contributed by atoms with E-state index in [1.807, 2.05) is 0 Å². The van der Waals surface area contributed by atoms with Gasteiger partial charge in [-0.1, -0.05) is 220 Å². The molecule has 0 aromatic rings.